The fourth-order valence-electron chi connectivity index (χ4n) is 3.47. The number of fused-ring (bicyclic) bond motifs is 3. The van der Waals surface area contributed by atoms with Gasteiger partial charge in [-0.25, -0.2) is 13.8 Å². The van der Waals surface area contributed by atoms with Crippen LogP contribution >= 0.6 is 15.9 Å². The first kappa shape index (κ1) is 18.8. The molecule has 9 heteroatoms. The Morgan fingerprint density at radius 1 is 1.29 bits per heavy atom. The van der Waals surface area contributed by atoms with Crippen LogP contribution < -0.4 is 5.73 Å². The Hall–Kier alpha value is -2.52. The number of aromatic amines is 1. The summed E-state index contributed by atoms with van der Waals surface area (Å²) in [5.74, 6) is -1.49. The molecule has 0 spiro atoms. The molecule has 3 N–H and O–H groups in total. The van der Waals surface area contributed by atoms with Crippen molar-refractivity contribution in [3.8, 4) is 0 Å². The van der Waals surface area contributed by atoms with E-state index in [9.17, 15) is 13.6 Å². The van der Waals surface area contributed by atoms with Crippen molar-refractivity contribution in [2.45, 2.75) is 26.2 Å². The molecule has 1 atom stereocenters. The third-order valence-electron chi connectivity index (χ3n) is 5.10. The van der Waals surface area contributed by atoms with Crippen LogP contribution in [0.5, 0.6) is 0 Å². The van der Waals surface area contributed by atoms with Crippen molar-refractivity contribution in [1.29, 1.82) is 0 Å². The Bertz CT molecular complexity index is 1090. The predicted molar refractivity (Wildman–Crippen MR) is 104 cm³/mol. The Morgan fingerprint density at radius 3 is 2.61 bits per heavy atom. The number of rotatable bonds is 3. The second-order valence-corrected chi connectivity index (χ2v) is 7.68. The number of nitrogens with one attached hydrogen (secondary N) is 1. The van der Waals surface area contributed by atoms with Gasteiger partial charge < -0.3 is 20.4 Å². The van der Waals surface area contributed by atoms with Crippen molar-refractivity contribution < 1.29 is 18.3 Å². The Balaban J connectivity index is 1.70. The summed E-state index contributed by atoms with van der Waals surface area (Å²) in [6.45, 7) is 2.33. The van der Waals surface area contributed by atoms with Crippen molar-refractivity contribution in [2.75, 3.05) is 12.8 Å². The number of anilines is 1. The minimum absolute atomic E-state index is 0.174. The zero-order chi connectivity index (χ0) is 20.2. The summed E-state index contributed by atoms with van der Waals surface area (Å²) >= 11 is 3.06. The van der Waals surface area contributed by atoms with E-state index in [0.29, 0.717) is 34.5 Å². The van der Waals surface area contributed by atoms with Crippen LogP contribution in [0.4, 0.5) is 14.6 Å². The first-order valence-electron chi connectivity index (χ1n) is 8.57. The van der Waals surface area contributed by atoms with Crippen LogP contribution in [-0.2, 0) is 18.0 Å². The van der Waals surface area contributed by atoms with Gasteiger partial charge in [-0.2, -0.15) is 0 Å². The summed E-state index contributed by atoms with van der Waals surface area (Å²) in [6, 6.07) is 3.11. The number of pyridine rings is 1. The average molecular weight is 451 g/mol. The van der Waals surface area contributed by atoms with Crippen molar-refractivity contribution in [2.24, 2.45) is 0 Å². The topological polar surface area (TPSA) is 84.2 Å². The molecule has 3 aromatic rings. The predicted octanol–water partition coefficient (Wildman–Crippen LogP) is 4.05. The standard InChI is InChI=1S/C19H17BrF2N4O2/c1-8(16-12(21)3-9(20)4-13(16)22)26(2)19(27)15-5-14-17(24-15)10-6-28-7-11(10)18(23)25-14/h3-5,8,24H,6-7H2,1-2H3,(H2,23,25)/t8-/m0/s1. The van der Waals surface area contributed by atoms with E-state index in [4.69, 9.17) is 10.5 Å². The largest absolute Gasteiger partial charge is 0.383 e. The number of H-pyrrole nitrogens is 1. The maximum atomic E-state index is 14.3. The molecule has 6 nitrogen and oxygen atoms in total. The number of carbonyl (C=O) groups excluding carboxylic acids is 1. The monoisotopic (exact) mass is 450 g/mol. The van der Waals surface area contributed by atoms with Gasteiger partial charge in [-0.15, -0.1) is 0 Å². The van der Waals surface area contributed by atoms with E-state index in [2.05, 4.69) is 25.9 Å². The molecule has 0 unspecified atom stereocenters. The van der Waals surface area contributed by atoms with Crippen molar-refractivity contribution in [1.82, 2.24) is 14.9 Å². The number of ether oxygens (including phenoxy) is 1. The van der Waals surface area contributed by atoms with Crippen molar-refractivity contribution in [3.05, 3.63) is 56.7 Å². The third-order valence-corrected chi connectivity index (χ3v) is 5.56. The van der Waals surface area contributed by atoms with E-state index in [0.717, 1.165) is 11.1 Å². The normalized spacial score (nSPS) is 14.3. The lowest BCUT2D eigenvalue weighted by atomic mass is 10.1. The summed E-state index contributed by atoms with van der Waals surface area (Å²) < 4.78 is 34.3. The Labute approximate surface area is 167 Å². The molecule has 1 aliphatic heterocycles. The SMILES string of the molecule is C[C@@H](c1c(F)cc(Br)cc1F)N(C)C(=O)c1cc2nc(N)c3c(c2[nH]1)COC3. The summed E-state index contributed by atoms with van der Waals surface area (Å²) in [7, 11) is 1.49. The summed E-state index contributed by atoms with van der Waals surface area (Å²) in [5.41, 5.74) is 8.98. The maximum absolute atomic E-state index is 14.3. The highest BCUT2D eigenvalue weighted by Gasteiger charge is 2.27. The zero-order valence-electron chi connectivity index (χ0n) is 15.1. The fraction of sp³-hybridized carbons (Fsp3) is 0.263. The van der Waals surface area contributed by atoms with Gasteiger partial charge in [0, 0.05) is 28.2 Å². The van der Waals surface area contributed by atoms with E-state index in [1.165, 1.54) is 24.1 Å². The number of benzene rings is 1. The van der Waals surface area contributed by atoms with E-state index in [1.54, 1.807) is 13.0 Å². The molecular formula is C19H17BrF2N4O2. The smallest absolute Gasteiger partial charge is 0.270 e. The number of nitrogen functional groups attached to an aromatic ring is 1. The molecule has 0 bridgehead atoms. The van der Waals surface area contributed by atoms with Gasteiger partial charge in [0.05, 0.1) is 30.3 Å². The van der Waals surface area contributed by atoms with Gasteiger partial charge in [0.15, 0.2) is 0 Å². The lowest BCUT2D eigenvalue weighted by Crippen LogP contribution is -2.31. The van der Waals surface area contributed by atoms with E-state index in [-0.39, 0.29) is 11.3 Å². The van der Waals surface area contributed by atoms with Crippen molar-refractivity contribution in [3.63, 3.8) is 0 Å². The van der Waals surface area contributed by atoms with Gasteiger partial charge in [0.1, 0.15) is 23.1 Å². The van der Waals surface area contributed by atoms with Crippen molar-refractivity contribution >= 4 is 38.7 Å². The van der Waals surface area contributed by atoms with E-state index >= 15 is 0 Å². The highest BCUT2D eigenvalue weighted by molar-refractivity contribution is 9.10. The quantitative estimate of drug-likeness (QED) is 0.630. The van der Waals surface area contributed by atoms with E-state index in [1.807, 2.05) is 0 Å². The molecule has 0 aliphatic carbocycles. The van der Waals surface area contributed by atoms with Crippen LogP contribution in [0, 0.1) is 11.6 Å². The first-order valence-corrected chi connectivity index (χ1v) is 9.36. The van der Waals surface area contributed by atoms with Gasteiger partial charge >= 0.3 is 0 Å². The number of hydrogen-bond acceptors (Lipinski definition) is 4. The van der Waals surface area contributed by atoms with Crippen LogP contribution in [0.15, 0.2) is 22.7 Å². The van der Waals surface area contributed by atoms with Gasteiger partial charge in [-0.05, 0) is 25.1 Å². The lowest BCUT2D eigenvalue weighted by molar-refractivity contribution is 0.0733. The van der Waals surface area contributed by atoms with E-state index < -0.39 is 23.6 Å². The van der Waals surface area contributed by atoms with Crippen LogP contribution in [0.3, 0.4) is 0 Å². The Morgan fingerprint density at radius 2 is 1.93 bits per heavy atom. The molecule has 1 aliphatic rings. The molecule has 2 aromatic heterocycles. The summed E-state index contributed by atoms with van der Waals surface area (Å²) in [6.07, 6.45) is 0. The van der Waals surface area contributed by atoms with Gasteiger partial charge in [0.2, 0.25) is 0 Å². The molecule has 4 rings (SSSR count). The molecule has 146 valence electrons. The Kier molecular flexibility index (Phi) is 4.59. The number of amides is 1. The molecule has 0 radical (unpaired) electrons. The number of nitrogens with two attached hydrogens (primary N) is 1. The van der Waals surface area contributed by atoms with Crippen LogP contribution in [0.2, 0.25) is 0 Å². The minimum Gasteiger partial charge on any atom is -0.383 e. The molecule has 1 amide bonds. The first-order chi connectivity index (χ1) is 13.3. The molecule has 0 saturated carbocycles. The molecule has 0 fully saturated rings. The van der Waals surface area contributed by atoms with Gasteiger partial charge in [-0.3, -0.25) is 4.79 Å². The fourth-order valence-corrected chi connectivity index (χ4v) is 3.87. The number of carbonyl (C=O) groups is 1. The van der Waals surface area contributed by atoms with Crippen LogP contribution in [0.25, 0.3) is 11.0 Å². The molecule has 1 aromatic carbocycles. The second kappa shape index (κ2) is 6.82. The third kappa shape index (κ3) is 2.94. The molecule has 28 heavy (non-hydrogen) atoms. The number of hydrogen-bond donors (Lipinski definition) is 2. The highest BCUT2D eigenvalue weighted by atomic mass is 79.9. The van der Waals surface area contributed by atoms with Gasteiger partial charge in [0.25, 0.3) is 5.91 Å². The number of nitrogens with zero attached hydrogens (tertiary/aromatic N) is 2. The van der Waals surface area contributed by atoms with Gasteiger partial charge in [-0.1, -0.05) is 15.9 Å². The lowest BCUT2D eigenvalue weighted by Gasteiger charge is -2.25. The maximum Gasteiger partial charge on any atom is 0.270 e. The van der Waals surface area contributed by atoms with Crippen LogP contribution in [-0.4, -0.2) is 27.8 Å². The molecule has 3 heterocycles. The number of halogens is 3. The summed E-state index contributed by atoms with van der Waals surface area (Å²) in [4.78, 5) is 21.6. The number of aromatic nitrogens is 2. The highest BCUT2D eigenvalue weighted by Crippen LogP contribution is 2.32. The van der Waals surface area contributed by atoms with Crippen LogP contribution in [0.1, 0.15) is 40.1 Å². The summed E-state index contributed by atoms with van der Waals surface area (Å²) in [5, 5.41) is 0. The zero-order valence-corrected chi connectivity index (χ0v) is 16.7. The second-order valence-electron chi connectivity index (χ2n) is 6.77. The molecule has 0 saturated heterocycles. The minimum atomic E-state index is -0.820. The molecular weight excluding hydrogens is 434 g/mol. The average Bonchev–Trinajstić information content (AvgIpc) is 3.26.